The topological polar surface area (TPSA) is 22.1 Å². The number of halogens is 4. The summed E-state index contributed by atoms with van der Waals surface area (Å²) in [6.45, 7) is 0.0257. The lowest BCUT2D eigenvalue weighted by atomic mass is 10.3. The van der Waals surface area contributed by atoms with Gasteiger partial charge in [0.2, 0.25) is 0 Å². The van der Waals surface area contributed by atoms with Gasteiger partial charge in [0, 0.05) is 5.02 Å². The molecular formula is C12H7Cl3FNO. The highest BCUT2D eigenvalue weighted by Gasteiger charge is 2.08. The summed E-state index contributed by atoms with van der Waals surface area (Å²) in [7, 11) is 0. The third-order valence-corrected chi connectivity index (χ3v) is 2.93. The van der Waals surface area contributed by atoms with Crippen LogP contribution in [0.5, 0.6) is 5.75 Å². The van der Waals surface area contributed by atoms with Gasteiger partial charge < -0.3 is 4.74 Å². The van der Waals surface area contributed by atoms with E-state index in [1.165, 1.54) is 18.2 Å². The first-order valence-corrected chi connectivity index (χ1v) is 6.08. The molecule has 0 bridgehead atoms. The summed E-state index contributed by atoms with van der Waals surface area (Å²) < 4.78 is 18.7. The molecule has 2 nitrogen and oxygen atoms in total. The van der Waals surface area contributed by atoms with Gasteiger partial charge in [-0.2, -0.15) is 0 Å². The predicted octanol–water partition coefficient (Wildman–Crippen LogP) is 4.76. The van der Waals surface area contributed by atoms with E-state index in [0.29, 0.717) is 20.9 Å². The second-order valence-corrected chi connectivity index (χ2v) is 4.66. The van der Waals surface area contributed by atoms with E-state index in [4.69, 9.17) is 39.5 Å². The maximum absolute atomic E-state index is 13.4. The highest BCUT2D eigenvalue weighted by molar-refractivity contribution is 6.32. The van der Waals surface area contributed by atoms with Gasteiger partial charge in [-0.3, -0.25) is 0 Å². The molecular weight excluding hydrogens is 299 g/mol. The van der Waals surface area contributed by atoms with Crippen molar-refractivity contribution in [2.75, 3.05) is 0 Å². The van der Waals surface area contributed by atoms with Crippen LogP contribution < -0.4 is 4.74 Å². The van der Waals surface area contributed by atoms with Crippen molar-refractivity contribution in [2.24, 2.45) is 0 Å². The van der Waals surface area contributed by atoms with Crippen LogP contribution in [0.25, 0.3) is 0 Å². The number of ether oxygens (including phenoxy) is 1. The summed E-state index contributed by atoms with van der Waals surface area (Å²) in [5.41, 5.74) is 0.443. The fourth-order valence-electron chi connectivity index (χ4n) is 1.30. The number of pyridine rings is 1. The Hall–Kier alpha value is -1.03. The van der Waals surface area contributed by atoms with E-state index in [0.717, 1.165) is 0 Å². The van der Waals surface area contributed by atoms with Crippen LogP contribution in [0, 0.1) is 5.82 Å². The predicted molar refractivity (Wildman–Crippen MR) is 70.0 cm³/mol. The highest BCUT2D eigenvalue weighted by Crippen LogP contribution is 2.23. The monoisotopic (exact) mass is 305 g/mol. The second kappa shape index (κ2) is 5.74. The molecule has 0 aliphatic rings. The van der Waals surface area contributed by atoms with Crippen molar-refractivity contribution in [1.29, 1.82) is 0 Å². The third kappa shape index (κ3) is 3.25. The molecule has 6 heteroatoms. The van der Waals surface area contributed by atoms with Gasteiger partial charge in [0.25, 0.3) is 0 Å². The maximum Gasteiger partial charge on any atom is 0.166 e. The minimum atomic E-state index is -0.541. The van der Waals surface area contributed by atoms with E-state index in [-0.39, 0.29) is 12.4 Å². The quantitative estimate of drug-likeness (QED) is 0.763. The summed E-state index contributed by atoms with van der Waals surface area (Å²) >= 11 is 17.3. The van der Waals surface area contributed by atoms with E-state index in [1.54, 1.807) is 12.1 Å². The Morgan fingerprint density at radius 3 is 2.61 bits per heavy atom. The molecule has 18 heavy (non-hydrogen) atoms. The SMILES string of the molecule is Fc1cc(Cl)ccc1OCc1nc(Cl)ccc1Cl. The molecule has 1 heterocycles. The third-order valence-electron chi connectivity index (χ3n) is 2.14. The van der Waals surface area contributed by atoms with Crippen LogP contribution in [0.3, 0.4) is 0 Å². The van der Waals surface area contributed by atoms with Crippen LogP contribution in [-0.4, -0.2) is 4.98 Å². The second-order valence-electron chi connectivity index (χ2n) is 3.43. The molecule has 2 aromatic rings. The molecule has 0 fully saturated rings. The molecule has 0 saturated heterocycles. The van der Waals surface area contributed by atoms with Gasteiger partial charge in [-0.15, -0.1) is 0 Å². The molecule has 1 aromatic heterocycles. The fourth-order valence-corrected chi connectivity index (χ4v) is 1.78. The number of hydrogen-bond acceptors (Lipinski definition) is 2. The van der Waals surface area contributed by atoms with Crippen LogP contribution in [-0.2, 0) is 6.61 Å². The lowest BCUT2D eigenvalue weighted by molar-refractivity contribution is 0.286. The Balaban J connectivity index is 2.13. The Kier molecular flexibility index (Phi) is 4.27. The number of nitrogens with zero attached hydrogens (tertiary/aromatic N) is 1. The lowest BCUT2D eigenvalue weighted by Gasteiger charge is -2.08. The van der Waals surface area contributed by atoms with E-state index >= 15 is 0 Å². The minimum Gasteiger partial charge on any atom is -0.484 e. The van der Waals surface area contributed by atoms with Gasteiger partial charge in [-0.25, -0.2) is 9.37 Å². The zero-order valence-electron chi connectivity index (χ0n) is 8.96. The zero-order chi connectivity index (χ0) is 13.1. The highest BCUT2D eigenvalue weighted by atomic mass is 35.5. The summed E-state index contributed by atoms with van der Waals surface area (Å²) in [4.78, 5) is 3.99. The number of hydrogen-bond donors (Lipinski definition) is 0. The van der Waals surface area contributed by atoms with Crippen LogP contribution in [0.15, 0.2) is 30.3 Å². The Morgan fingerprint density at radius 1 is 1.11 bits per heavy atom. The van der Waals surface area contributed by atoms with E-state index in [9.17, 15) is 4.39 Å². The van der Waals surface area contributed by atoms with Gasteiger partial charge >= 0.3 is 0 Å². The summed E-state index contributed by atoms with van der Waals surface area (Å²) in [5, 5.41) is 1.02. The lowest BCUT2D eigenvalue weighted by Crippen LogP contribution is -2.00. The normalized spacial score (nSPS) is 10.4. The first-order chi connectivity index (χ1) is 8.56. The Labute approximate surface area is 118 Å². The van der Waals surface area contributed by atoms with Crippen LogP contribution in [0.4, 0.5) is 4.39 Å². The average molecular weight is 307 g/mol. The molecule has 0 atom stereocenters. The minimum absolute atomic E-state index is 0.0257. The van der Waals surface area contributed by atoms with E-state index in [2.05, 4.69) is 4.98 Å². The van der Waals surface area contributed by atoms with Gasteiger partial charge in [0.05, 0.1) is 10.7 Å². The summed E-state index contributed by atoms with van der Waals surface area (Å²) in [5.74, 6) is -0.460. The molecule has 1 aromatic carbocycles. The summed E-state index contributed by atoms with van der Waals surface area (Å²) in [6.07, 6.45) is 0. The maximum atomic E-state index is 13.4. The van der Waals surface area contributed by atoms with Crippen LogP contribution in [0.1, 0.15) is 5.69 Å². The van der Waals surface area contributed by atoms with E-state index in [1.807, 2.05) is 0 Å². The number of benzene rings is 1. The molecule has 0 amide bonds. The number of aromatic nitrogens is 1. The molecule has 94 valence electrons. The van der Waals surface area contributed by atoms with Crippen molar-refractivity contribution in [3.63, 3.8) is 0 Å². The molecule has 0 unspecified atom stereocenters. The largest absolute Gasteiger partial charge is 0.484 e. The van der Waals surface area contributed by atoms with Gasteiger partial charge in [-0.05, 0) is 30.3 Å². The van der Waals surface area contributed by atoms with Crippen molar-refractivity contribution in [1.82, 2.24) is 4.98 Å². The first-order valence-electron chi connectivity index (χ1n) is 4.95. The van der Waals surface area contributed by atoms with Crippen molar-refractivity contribution in [2.45, 2.75) is 6.61 Å². The molecule has 0 spiro atoms. The molecule has 0 aliphatic heterocycles. The fraction of sp³-hybridized carbons (Fsp3) is 0.0833. The van der Waals surface area contributed by atoms with Crippen molar-refractivity contribution < 1.29 is 9.13 Å². The zero-order valence-corrected chi connectivity index (χ0v) is 11.2. The standard InChI is InChI=1S/C12H7Cl3FNO/c13-7-1-3-11(9(16)5-7)18-6-10-8(14)2-4-12(15)17-10/h1-5H,6H2. The Morgan fingerprint density at radius 2 is 1.89 bits per heavy atom. The molecule has 0 saturated carbocycles. The molecule has 0 aliphatic carbocycles. The molecule has 2 rings (SSSR count). The Bertz CT molecular complexity index is 577. The van der Waals surface area contributed by atoms with Crippen molar-refractivity contribution >= 4 is 34.8 Å². The van der Waals surface area contributed by atoms with Gasteiger partial charge in [-0.1, -0.05) is 34.8 Å². The van der Waals surface area contributed by atoms with Gasteiger partial charge in [0.1, 0.15) is 11.8 Å². The smallest absolute Gasteiger partial charge is 0.166 e. The average Bonchev–Trinajstić information content (AvgIpc) is 2.32. The van der Waals surface area contributed by atoms with E-state index < -0.39 is 5.82 Å². The first kappa shape index (κ1) is 13.4. The number of rotatable bonds is 3. The van der Waals surface area contributed by atoms with Crippen molar-refractivity contribution in [3.8, 4) is 5.75 Å². The molecule has 0 N–H and O–H groups in total. The molecule has 0 radical (unpaired) electrons. The summed E-state index contributed by atoms with van der Waals surface area (Å²) in [6, 6.07) is 7.32. The van der Waals surface area contributed by atoms with Gasteiger partial charge in [0.15, 0.2) is 11.6 Å². The van der Waals surface area contributed by atoms with Crippen LogP contribution >= 0.6 is 34.8 Å². The van der Waals surface area contributed by atoms with Crippen molar-refractivity contribution in [3.05, 3.63) is 57.0 Å². The van der Waals surface area contributed by atoms with Crippen LogP contribution in [0.2, 0.25) is 15.2 Å².